The summed E-state index contributed by atoms with van der Waals surface area (Å²) < 4.78 is 1.08. The highest BCUT2D eigenvalue weighted by Gasteiger charge is 2.06. The number of rotatable bonds is 2. The molecule has 0 saturated heterocycles. The highest BCUT2D eigenvalue weighted by molar-refractivity contribution is 9.10. The lowest BCUT2D eigenvalue weighted by molar-refractivity contribution is 1.39. The van der Waals surface area contributed by atoms with Crippen LogP contribution in [0.3, 0.4) is 0 Å². The predicted octanol–water partition coefficient (Wildman–Crippen LogP) is 5.55. The van der Waals surface area contributed by atoms with Crippen molar-refractivity contribution >= 4 is 27.3 Å². The SMILES string of the molecule is Cc1ccc(-c2nc(-c3cccc(Br)c3)cs2)cc1. The maximum absolute atomic E-state index is 4.72. The summed E-state index contributed by atoms with van der Waals surface area (Å²) in [6, 6.07) is 16.7. The zero-order chi connectivity index (χ0) is 13.2. The van der Waals surface area contributed by atoms with Crippen LogP contribution in [0.2, 0.25) is 0 Å². The van der Waals surface area contributed by atoms with Gasteiger partial charge in [-0.1, -0.05) is 57.9 Å². The van der Waals surface area contributed by atoms with E-state index in [1.54, 1.807) is 11.3 Å². The molecule has 1 nitrogen and oxygen atoms in total. The Kier molecular flexibility index (Phi) is 3.49. The molecule has 3 aromatic rings. The summed E-state index contributed by atoms with van der Waals surface area (Å²) in [7, 11) is 0. The second-order valence-electron chi connectivity index (χ2n) is 4.41. The minimum atomic E-state index is 1.03. The van der Waals surface area contributed by atoms with Crippen LogP contribution in [0.15, 0.2) is 58.4 Å². The van der Waals surface area contributed by atoms with E-state index < -0.39 is 0 Å². The summed E-state index contributed by atoms with van der Waals surface area (Å²) in [5.41, 5.74) is 4.62. The summed E-state index contributed by atoms with van der Waals surface area (Å²) in [6.45, 7) is 2.10. The number of aryl methyl sites for hydroxylation is 1. The Hall–Kier alpha value is -1.45. The average molecular weight is 330 g/mol. The largest absolute Gasteiger partial charge is 0.236 e. The van der Waals surface area contributed by atoms with Crippen molar-refractivity contribution in [1.82, 2.24) is 4.98 Å². The Labute approximate surface area is 125 Å². The summed E-state index contributed by atoms with van der Waals surface area (Å²) >= 11 is 5.18. The molecule has 3 heteroatoms. The molecule has 0 N–H and O–H groups in total. The van der Waals surface area contributed by atoms with Crippen LogP contribution in [0.25, 0.3) is 21.8 Å². The van der Waals surface area contributed by atoms with E-state index >= 15 is 0 Å². The third-order valence-electron chi connectivity index (χ3n) is 2.92. The third-order valence-corrected chi connectivity index (χ3v) is 4.31. The molecule has 2 aromatic carbocycles. The van der Waals surface area contributed by atoms with Crippen molar-refractivity contribution in [1.29, 1.82) is 0 Å². The Morgan fingerprint density at radius 1 is 1.00 bits per heavy atom. The van der Waals surface area contributed by atoms with Gasteiger partial charge in [0, 0.05) is 21.0 Å². The molecule has 0 aliphatic carbocycles. The van der Waals surface area contributed by atoms with Crippen LogP contribution in [0.4, 0.5) is 0 Å². The number of nitrogens with zero attached hydrogens (tertiary/aromatic N) is 1. The molecule has 3 rings (SSSR count). The normalized spacial score (nSPS) is 10.6. The number of halogens is 1. The lowest BCUT2D eigenvalue weighted by atomic mass is 10.1. The second-order valence-corrected chi connectivity index (χ2v) is 6.19. The van der Waals surface area contributed by atoms with Gasteiger partial charge in [0.15, 0.2) is 0 Å². The van der Waals surface area contributed by atoms with Crippen molar-refractivity contribution in [2.45, 2.75) is 6.92 Å². The van der Waals surface area contributed by atoms with E-state index in [1.807, 2.05) is 12.1 Å². The van der Waals surface area contributed by atoms with Crippen molar-refractivity contribution in [2.24, 2.45) is 0 Å². The van der Waals surface area contributed by atoms with Gasteiger partial charge in [0.05, 0.1) is 5.69 Å². The molecule has 0 amide bonds. The van der Waals surface area contributed by atoms with Gasteiger partial charge in [0.25, 0.3) is 0 Å². The van der Waals surface area contributed by atoms with Crippen LogP contribution in [-0.4, -0.2) is 4.98 Å². The Balaban J connectivity index is 1.97. The average Bonchev–Trinajstić information content (AvgIpc) is 2.89. The van der Waals surface area contributed by atoms with E-state index in [-0.39, 0.29) is 0 Å². The molecule has 0 fully saturated rings. The van der Waals surface area contributed by atoms with E-state index in [1.165, 1.54) is 11.1 Å². The van der Waals surface area contributed by atoms with Gasteiger partial charge in [0.2, 0.25) is 0 Å². The molecule has 0 bridgehead atoms. The van der Waals surface area contributed by atoms with Gasteiger partial charge in [-0.25, -0.2) is 4.98 Å². The van der Waals surface area contributed by atoms with E-state index in [9.17, 15) is 0 Å². The van der Waals surface area contributed by atoms with Crippen molar-refractivity contribution in [3.05, 3.63) is 63.9 Å². The van der Waals surface area contributed by atoms with Gasteiger partial charge in [-0.15, -0.1) is 11.3 Å². The van der Waals surface area contributed by atoms with Crippen LogP contribution in [0.5, 0.6) is 0 Å². The molecule has 1 heterocycles. The first-order chi connectivity index (χ1) is 9.22. The zero-order valence-electron chi connectivity index (χ0n) is 10.4. The molecule has 0 unspecified atom stereocenters. The number of hydrogen-bond donors (Lipinski definition) is 0. The quantitative estimate of drug-likeness (QED) is 0.600. The third kappa shape index (κ3) is 2.77. The van der Waals surface area contributed by atoms with Crippen molar-refractivity contribution < 1.29 is 0 Å². The van der Waals surface area contributed by atoms with E-state index in [4.69, 9.17) is 4.98 Å². The minimum absolute atomic E-state index is 1.03. The van der Waals surface area contributed by atoms with Gasteiger partial charge >= 0.3 is 0 Å². The maximum atomic E-state index is 4.72. The maximum Gasteiger partial charge on any atom is 0.124 e. The Morgan fingerprint density at radius 3 is 2.53 bits per heavy atom. The number of benzene rings is 2. The molecule has 0 saturated carbocycles. The number of thiazole rings is 1. The Bertz CT molecular complexity index is 701. The van der Waals surface area contributed by atoms with Crippen LogP contribution >= 0.6 is 27.3 Å². The van der Waals surface area contributed by atoms with Gasteiger partial charge < -0.3 is 0 Å². The van der Waals surface area contributed by atoms with Crippen LogP contribution in [0, 0.1) is 6.92 Å². The van der Waals surface area contributed by atoms with Crippen molar-refractivity contribution in [3.8, 4) is 21.8 Å². The molecule has 0 spiro atoms. The fraction of sp³-hybridized carbons (Fsp3) is 0.0625. The molecular weight excluding hydrogens is 318 g/mol. The molecule has 1 aromatic heterocycles. The first-order valence-electron chi connectivity index (χ1n) is 6.01. The zero-order valence-corrected chi connectivity index (χ0v) is 12.8. The smallest absolute Gasteiger partial charge is 0.124 e. The van der Waals surface area contributed by atoms with Crippen molar-refractivity contribution in [3.63, 3.8) is 0 Å². The van der Waals surface area contributed by atoms with Gasteiger partial charge in [-0.3, -0.25) is 0 Å². The van der Waals surface area contributed by atoms with Crippen LogP contribution in [0.1, 0.15) is 5.56 Å². The molecule has 0 aliphatic rings. The van der Waals surface area contributed by atoms with Crippen LogP contribution in [-0.2, 0) is 0 Å². The fourth-order valence-corrected chi connectivity index (χ4v) is 3.12. The highest BCUT2D eigenvalue weighted by Crippen LogP contribution is 2.30. The number of hydrogen-bond acceptors (Lipinski definition) is 2. The van der Waals surface area contributed by atoms with Gasteiger partial charge in [-0.2, -0.15) is 0 Å². The molecule has 0 aliphatic heterocycles. The minimum Gasteiger partial charge on any atom is -0.236 e. The lowest BCUT2D eigenvalue weighted by Crippen LogP contribution is -1.80. The van der Waals surface area contributed by atoms with E-state index in [2.05, 4.69) is 64.6 Å². The van der Waals surface area contributed by atoms with E-state index in [0.29, 0.717) is 0 Å². The molecule has 94 valence electrons. The Morgan fingerprint density at radius 2 is 1.79 bits per heavy atom. The number of aromatic nitrogens is 1. The molecular formula is C16H12BrNS. The molecule has 0 atom stereocenters. The fourth-order valence-electron chi connectivity index (χ4n) is 1.88. The van der Waals surface area contributed by atoms with Gasteiger partial charge in [-0.05, 0) is 19.1 Å². The van der Waals surface area contributed by atoms with Crippen molar-refractivity contribution in [2.75, 3.05) is 0 Å². The summed E-state index contributed by atoms with van der Waals surface area (Å²) in [5, 5.41) is 3.17. The summed E-state index contributed by atoms with van der Waals surface area (Å²) in [6.07, 6.45) is 0. The highest BCUT2D eigenvalue weighted by atomic mass is 79.9. The molecule has 19 heavy (non-hydrogen) atoms. The van der Waals surface area contributed by atoms with Crippen LogP contribution < -0.4 is 0 Å². The predicted molar refractivity (Wildman–Crippen MR) is 85.4 cm³/mol. The lowest BCUT2D eigenvalue weighted by Gasteiger charge is -1.98. The monoisotopic (exact) mass is 329 g/mol. The topological polar surface area (TPSA) is 12.9 Å². The van der Waals surface area contributed by atoms with Gasteiger partial charge in [0.1, 0.15) is 5.01 Å². The standard InChI is InChI=1S/C16H12BrNS/c1-11-5-7-12(8-6-11)16-18-15(10-19-16)13-3-2-4-14(17)9-13/h2-10H,1H3. The van der Waals surface area contributed by atoms with E-state index in [0.717, 1.165) is 20.7 Å². The summed E-state index contributed by atoms with van der Waals surface area (Å²) in [4.78, 5) is 4.72. The molecule has 0 radical (unpaired) electrons. The first kappa shape index (κ1) is 12.6. The summed E-state index contributed by atoms with van der Waals surface area (Å²) in [5.74, 6) is 0. The second kappa shape index (κ2) is 5.27. The first-order valence-corrected chi connectivity index (χ1v) is 7.68.